The van der Waals surface area contributed by atoms with Crippen LogP contribution < -0.4 is 27.0 Å². The number of hydrogen-bond acceptors (Lipinski definition) is 20. The van der Waals surface area contributed by atoms with Gasteiger partial charge in [-0.2, -0.15) is 0 Å². The van der Waals surface area contributed by atoms with Gasteiger partial charge >= 0.3 is 0 Å². The summed E-state index contributed by atoms with van der Waals surface area (Å²) in [5, 5.41) is 97.8. The minimum Gasteiger partial charge on any atom is -0.508 e. The second-order valence-corrected chi connectivity index (χ2v) is 25.2. The number of aryl methyl sites for hydroxylation is 1. The molecular formula is C60H80N8O15. The van der Waals surface area contributed by atoms with Crippen LogP contribution in [0.3, 0.4) is 0 Å². The van der Waals surface area contributed by atoms with E-state index >= 15 is 0 Å². The summed E-state index contributed by atoms with van der Waals surface area (Å²) in [5.74, 6) is -13.6. The van der Waals surface area contributed by atoms with Crippen LogP contribution in [0, 0.1) is 29.1 Å². The number of fused-ring (bicyclic) bond motifs is 6. The minimum absolute atomic E-state index is 0.00606. The number of aliphatic hydroxyl groups is 6. The maximum absolute atomic E-state index is 14.1. The van der Waals surface area contributed by atoms with Crippen LogP contribution in [0.4, 0.5) is 5.69 Å². The van der Waals surface area contributed by atoms with Crippen LogP contribution >= 0.6 is 0 Å². The molecule has 23 heteroatoms. The van der Waals surface area contributed by atoms with Crippen LogP contribution in [0.1, 0.15) is 98.7 Å². The Morgan fingerprint density at radius 1 is 0.699 bits per heavy atom. The molecule has 23 nitrogen and oxygen atoms in total. The summed E-state index contributed by atoms with van der Waals surface area (Å²) in [6.07, 6.45) is 3.70. The number of likely N-dealkylation sites (N-methyl/N-ethyl adjacent to an activating group) is 3. The van der Waals surface area contributed by atoms with Gasteiger partial charge in [0.25, 0.3) is 11.8 Å². The van der Waals surface area contributed by atoms with Gasteiger partial charge in [0.15, 0.2) is 22.8 Å². The molecule has 1 aliphatic heterocycles. The first-order chi connectivity index (χ1) is 38.7. The van der Waals surface area contributed by atoms with Crippen LogP contribution in [0.5, 0.6) is 11.5 Å². The Morgan fingerprint density at radius 2 is 1.16 bits per heavy atom. The Morgan fingerprint density at radius 3 is 1.57 bits per heavy atom. The van der Waals surface area contributed by atoms with Gasteiger partial charge in [-0.3, -0.25) is 48.3 Å². The molecule has 6 aliphatic carbocycles. The number of phenols is 2. The summed E-state index contributed by atoms with van der Waals surface area (Å²) in [6, 6.07) is 1.14. The molecule has 1 saturated heterocycles. The summed E-state index contributed by atoms with van der Waals surface area (Å²) in [4.78, 5) is 98.5. The lowest BCUT2D eigenvalue weighted by molar-refractivity contribution is -0.155. The molecule has 9 atom stereocenters. The second kappa shape index (κ2) is 22.4. The fraction of sp³-hybridized carbons (Fsp3) is 0.550. The summed E-state index contributed by atoms with van der Waals surface area (Å²) < 4.78 is 0. The van der Waals surface area contributed by atoms with E-state index in [0.29, 0.717) is 48.3 Å². The van der Waals surface area contributed by atoms with Crippen LogP contribution in [-0.2, 0) is 65.9 Å². The van der Waals surface area contributed by atoms with Crippen molar-refractivity contribution in [2.75, 3.05) is 67.3 Å². The Bertz CT molecular complexity index is 3260. The largest absolute Gasteiger partial charge is 0.508 e. The number of Topliss-reactive ketones (excluding diaryl/α,β-unsaturated/α-hetero) is 4. The minimum atomic E-state index is -2.70. The van der Waals surface area contributed by atoms with Crippen molar-refractivity contribution < 1.29 is 74.4 Å². The average Bonchev–Trinajstić information content (AvgIpc) is 1.25. The number of benzene rings is 2. The molecule has 0 aromatic heterocycles. The predicted octanol–water partition coefficient (Wildman–Crippen LogP) is 1.79. The second-order valence-electron chi connectivity index (χ2n) is 25.2. The third-order valence-corrected chi connectivity index (χ3v) is 17.9. The van der Waals surface area contributed by atoms with Crippen LogP contribution in [0.25, 0.3) is 11.5 Å². The van der Waals surface area contributed by atoms with Gasteiger partial charge in [0.1, 0.15) is 45.7 Å². The number of anilines is 1. The predicted molar refractivity (Wildman–Crippen MR) is 305 cm³/mol. The highest BCUT2D eigenvalue weighted by atomic mass is 16.4. The smallest absolute Gasteiger partial charge is 0.255 e. The van der Waals surface area contributed by atoms with E-state index in [1.165, 1.54) is 9.80 Å². The van der Waals surface area contributed by atoms with Gasteiger partial charge in [-0.15, -0.1) is 0 Å². The summed E-state index contributed by atoms with van der Waals surface area (Å²) in [5.41, 5.74) is 7.32. The molecule has 450 valence electrons. The molecular weight excluding hydrogens is 1070 g/mol. The molecule has 0 radical (unpaired) electrons. The summed E-state index contributed by atoms with van der Waals surface area (Å²) in [7, 11) is 11.7. The SMILES string of the molecule is CCCc1cc(CNCC(C)(C)C)c(O)c2c1C[C@H]1C[C@H]3[C@H](N(C)C)C(=O)C(C(N)=O)=C(O)[C@@]3(O)C(=O)C1=C2O.CN(C)c1cc(CNC(=O)[C@@H]2CCCN2C)c(O)c2c1C[C@H]1C[C@H]3[C@@H](N(C)C)C(=O)C(C(N)=O)=C(O)[C@@]3(O)C(=O)C1=C2O. The molecule has 9 rings (SSSR count). The fourth-order valence-corrected chi connectivity index (χ4v) is 14.1. The average molecular weight is 1150 g/mol. The van der Waals surface area contributed by atoms with E-state index in [2.05, 4.69) is 31.4 Å². The first-order valence-corrected chi connectivity index (χ1v) is 28.1. The lowest BCUT2D eigenvalue weighted by Gasteiger charge is -2.50. The number of nitrogens with two attached hydrogens (primary N) is 2. The Kier molecular flexibility index (Phi) is 16.7. The molecule has 3 amide bonds. The Hall–Kier alpha value is -7.15. The van der Waals surface area contributed by atoms with Crippen LogP contribution in [0.2, 0.25) is 0 Å². The number of primary amides is 2. The van der Waals surface area contributed by atoms with E-state index in [-0.39, 0.29) is 76.9 Å². The third kappa shape index (κ3) is 10.1. The first-order valence-electron chi connectivity index (χ1n) is 28.1. The summed E-state index contributed by atoms with van der Waals surface area (Å²) >= 11 is 0. The maximum atomic E-state index is 14.1. The number of carbonyl (C=O) groups excluding carboxylic acids is 7. The molecule has 0 unspecified atom stereocenters. The van der Waals surface area contributed by atoms with E-state index in [1.807, 2.05) is 24.9 Å². The van der Waals surface area contributed by atoms with E-state index in [4.69, 9.17) is 11.5 Å². The summed E-state index contributed by atoms with van der Waals surface area (Å²) in [6.45, 7) is 10.1. The van der Waals surface area contributed by atoms with Crippen molar-refractivity contribution in [3.8, 4) is 11.5 Å². The number of carbonyl (C=O) groups is 7. The lowest BCUT2D eigenvalue weighted by Crippen LogP contribution is -2.65. The fourth-order valence-electron chi connectivity index (χ4n) is 14.1. The van der Waals surface area contributed by atoms with Gasteiger partial charge in [0.2, 0.25) is 17.5 Å². The third-order valence-electron chi connectivity index (χ3n) is 17.9. The monoisotopic (exact) mass is 1150 g/mol. The number of amides is 3. The molecule has 7 aliphatic rings. The van der Waals surface area contributed by atoms with Crippen molar-refractivity contribution in [2.24, 2.45) is 40.6 Å². The van der Waals surface area contributed by atoms with E-state index < -0.39 is 116 Å². The quantitative estimate of drug-likeness (QED) is 0.127. The molecule has 2 aromatic carbocycles. The molecule has 0 bridgehead atoms. The number of rotatable bonds is 13. The van der Waals surface area contributed by atoms with Crippen molar-refractivity contribution in [1.82, 2.24) is 25.3 Å². The van der Waals surface area contributed by atoms with E-state index in [9.17, 15) is 74.4 Å². The number of nitrogens with one attached hydrogen (secondary N) is 2. The molecule has 0 spiro atoms. The van der Waals surface area contributed by atoms with Gasteiger partial charge in [0, 0.05) is 73.5 Å². The van der Waals surface area contributed by atoms with Crippen LogP contribution in [0.15, 0.2) is 45.9 Å². The molecule has 3 fully saturated rings. The first kappa shape index (κ1) is 61.9. The molecule has 2 aromatic rings. The van der Waals surface area contributed by atoms with E-state index in [1.54, 1.807) is 53.3 Å². The number of aromatic hydroxyl groups is 2. The number of hydrogen-bond donors (Lipinski definition) is 12. The number of likely N-dealkylation sites (tertiary alicyclic amines) is 1. The Balaban J connectivity index is 0.000000217. The highest BCUT2D eigenvalue weighted by Crippen LogP contribution is 2.56. The molecule has 83 heavy (non-hydrogen) atoms. The number of ketones is 4. The zero-order valence-corrected chi connectivity index (χ0v) is 49.1. The zero-order chi connectivity index (χ0) is 61.6. The number of nitrogens with zero attached hydrogens (tertiary/aromatic N) is 4. The van der Waals surface area contributed by atoms with Gasteiger partial charge in [-0.05, 0) is 127 Å². The highest BCUT2D eigenvalue weighted by molar-refractivity contribution is 6.25. The van der Waals surface area contributed by atoms with Crippen molar-refractivity contribution >= 4 is 58.1 Å². The van der Waals surface area contributed by atoms with Crippen molar-refractivity contribution in [3.05, 3.63) is 84.9 Å². The Labute approximate surface area is 482 Å². The standard InChI is InChI=1S/C30H39N5O8.C30H41N3O7/c1-33(2)18-11-14(12-32-29(42)17-7-6-8-35(17)5)23(36)20-15(18)9-13-10-16-22(34(3)4)25(38)21(28(31)41)27(40)30(16,43)26(39)19(13)24(20)37;1-7-8-14-9-16(12-32-13-29(2,3)4)23(34)20-17(14)10-15-11-18-22(33(5)6)25(36)21(28(31)39)27(38)30(18,40)26(37)19(15)24(20)35/h11,13,16-17,22,36-37,40,43H,6-10,12H2,1-5H3,(H2,31,41)(H,32,42);9,15,18,22,32,34-35,38,40H,7-8,10-13H2,1-6H3,(H2,31,39)/t13-,16-,17-,22+,30-;15-,18-,22-,30-/m00/s1. The number of phenolic OH excluding ortho intramolecular Hbond substituents is 2. The molecule has 2 saturated carbocycles. The van der Waals surface area contributed by atoms with E-state index in [0.717, 1.165) is 36.9 Å². The topological polar surface area (TPSA) is 370 Å². The van der Waals surface area contributed by atoms with Gasteiger partial charge in [0.05, 0.1) is 29.3 Å². The highest BCUT2D eigenvalue weighted by Gasteiger charge is 2.66. The normalized spacial score (nSPS) is 27.9. The number of aliphatic hydroxyl groups excluding tert-OH is 4. The zero-order valence-electron chi connectivity index (χ0n) is 49.1. The van der Waals surface area contributed by atoms with Crippen LogP contribution in [-0.4, -0.2) is 188 Å². The van der Waals surface area contributed by atoms with Crippen molar-refractivity contribution in [1.29, 1.82) is 0 Å². The van der Waals surface area contributed by atoms with Gasteiger partial charge < -0.3 is 67.9 Å². The van der Waals surface area contributed by atoms with Crippen molar-refractivity contribution in [3.63, 3.8) is 0 Å². The van der Waals surface area contributed by atoms with Gasteiger partial charge in [-0.1, -0.05) is 40.2 Å². The lowest BCUT2D eigenvalue weighted by atomic mass is 9.57. The van der Waals surface area contributed by atoms with Gasteiger partial charge in [-0.25, -0.2) is 0 Å². The van der Waals surface area contributed by atoms with Crippen molar-refractivity contribution in [2.45, 2.75) is 121 Å². The molecule has 14 N–H and O–H groups in total. The molecule has 1 heterocycles. The maximum Gasteiger partial charge on any atom is 0.255 e.